The van der Waals surface area contributed by atoms with E-state index >= 15 is 0 Å². The van der Waals surface area contributed by atoms with Gasteiger partial charge in [-0.2, -0.15) is 0 Å². The van der Waals surface area contributed by atoms with Gasteiger partial charge in [0.15, 0.2) is 17.5 Å². The number of benzene rings is 1. The third-order valence-electron chi connectivity index (χ3n) is 2.87. The van der Waals surface area contributed by atoms with Gasteiger partial charge in [0.25, 0.3) is 0 Å². The van der Waals surface area contributed by atoms with E-state index in [4.69, 9.17) is 5.11 Å². The van der Waals surface area contributed by atoms with E-state index < -0.39 is 17.5 Å². The number of aliphatic hydroxyl groups is 1. The van der Waals surface area contributed by atoms with Gasteiger partial charge in [-0.25, -0.2) is 13.2 Å². The Balaban J connectivity index is 2.22. The van der Waals surface area contributed by atoms with Crippen molar-refractivity contribution in [3.05, 3.63) is 35.1 Å². The number of hydrogen-bond donors (Lipinski definition) is 2. The zero-order chi connectivity index (χ0) is 11.7. The molecule has 0 bridgehead atoms. The van der Waals surface area contributed by atoms with Crippen LogP contribution in [0.5, 0.6) is 0 Å². The van der Waals surface area contributed by atoms with E-state index in [9.17, 15) is 13.2 Å². The molecule has 1 fully saturated rings. The van der Waals surface area contributed by atoms with E-state index in [0.717, 1.165) is 18.6 Å². The molecule has 1 aliphatic rings. The second-order valence-electron chi connectivity index (χ2n) is 3.97. The molecule has 2 nitrogen and oxygen atoms in total. The Labute approximate surface area is 91.1 Å². The minimum atomic E-state index is -1.44. The monoisotopic (exact) mass is 231 g/mol. The molecule has 88 valence electrons. The molecule has 1 aliphatic heterocycles. The fraction of sp³-hybridized carbons (Fsp3) is 0.455. The van der Waals surface area contributed by atoms with Crippen LogP contribution in [0.25, 0.3) is 0 Å². The Hall–Kier alpha value is -1.07. The molecule has 0 aromatic heterocycles. The standard InChI is InChI=1S/C11H12F3NO/c12-8-3-6(4-9(13)11(8)14)10-2-1-7(5-16)15-10/h3-4,7,10,15-16H,1-2,5H2/t7-,10+/m1/s1. The first-order chi connectivity index (χ1) is 7.61. The van der Waals surface area contributed by atoms with E-state index in [-0.39, 0.29) is 18.7 Å². The van der Waals surface area contributed by atoms with Crippen LogP contribution < -0.4 is 5.32 Å². The SMILES string of the molecule is OC[C@H]1CC[C@@H](c2cc(F)c(F)c(F)c2)N1. The van der Waals surface area contributed by atoms with Crippen molar-refractivity contribution in [2.75, 3.05) is 6.61 Å². The first-order valence-electron chi connectivity index (χ1n) is 5.13. The summed E-state index contributed by atoms with van der Waals surface area (Å²) in [6.45, 7) is -0.0113. The normalized spacial score (nSPS) is 25.0. The maximum absolute atomic E-state index is 13.0. The summed E-state index contributed by atoms with van der Waals surface area (Å²) in [4.78, 5) is 0. The summed E-state index contributed by atoms with van der Waals surface area (Å²) in [6, 6.07) is 1.72. The molecular weight excluding hydrogens is 219 g/mol. The molecule has 1 saturated heterocycles. The van der Waals surface area contributed by atoms with E-state index in [1.165, 1.54) is 0 Å². The molecule has 2 rings (SSSR count). The summed E-state index contributed by atoms with van der Waals surface area (Å²) < 4.78 is 38.7. The van der Waals surface area contributed by atoms with Gasteiger partial charge in [0.1, 0.15) is 0 Å². The van der Waals surface area contributed by atoms with Crippen molar-refractivity contribution in [1.29, 1.82) is 0 Å². The summed E-state index contributed by atoms with van der Waals surface area (Å²) >= 11 is 0. The smallest absolute Gasteiger partial charge is 0.194 e. The quantitative estimate of drug-likeness (QED) is 0.762. The van der Waals surface area contributed by atoms with E-state index in [0.29, 0.717) is 12.0 Å². The van der Waals surface area contributed by atoms with Gasteiger partial charge >= 0.3 is 0 Å². The number of rotatable bonds is 2. The Bertz CT molecular complexity index is 374. The largest absolute Gasteiger partial charge is 0.395 e. The molecule has 0 spiro atoms. The van der Waals surface area contributed by atoms with Crippen molar-refractivity contribution < 1.29 is 18.3 Å². The molecule has 0 saturated carbocycles. The van der Waals surface area contributed by atoms with Crippen LogP contribution in [0.15, 0.2) is 12.1 Å². The second-order valence-corrected chi connectivity index (χ2v) is 3.97. The lowest BCUT2D eigenvalue weighted by Gasteiger charge is -2.13. The van der Waals surface area contributed by atoms with E-state index in [1.807, 2.05) is 0 Å². The first kappa shape index (κ1) is 11.4. The number of aliphatic hydroxyl groups excluding tert-OH is 1. The highest BCUT2D eigenvalue weighted by Crippen LogP contribution is 2.28. The average Bonchev–Trinajstić information content (AvgIpc) is 2.73. The molecule has 1 heterocycles. The van der Waals surface area contributed by atoms with Gasteiger partial charge in [-0.3, -0.25) is 0 Å². The Morgan fingerprint density at radius 3 is 2.31 bits per heavy atom. The molecule has 2 N–H and O–H groups in total. The number of hydrogen-bond acceptors (Lipinski definition) is 2. The van der Waals surface area contributed by atoms with Crippen LogP contribution >= 0.6 is 0 Å². The van der Waals surface area contributed by atoms with Crippen molar-refractivity contribution in [3.8, 4) is 0 Å². The fourth-order valence-electron chi connectivity index (χ4n) is 2.00. The van der Waals surface area contributed by atoms with Gasteiger partial charge in [0, 0.05) is 12.1 Å². The van der Waals surface area contributed by atoms with Crippen LogP contribution in [0.4, 0.5) is 13.2 Å². The van der Waals surface area contributed by atoms with E-state index in [2.05, 4.69) is 5.32 Å². The highest BCUT2D eigenvalue weighted by Gasteiger charge is 2.25. The third kappa shape index (κ3) is 2.05. The predicted molar refractivity (Wildman–Crippen MR) is 52.3 cm³/mol. The first-order valence-corrected chi connectivity index (χ1v) is 5.13. The Morgan fingerprint density at radius 1 is 1.19 bits per heavy atom. The lowest BCUT2D eigenvalue weighted by atomic mass is 10.0. The lowest BCUT2D eigenvalue weighted by molar-refractivity contribution is 0.251. The van der Waals surface area contributed by atoms with Crippen LogP contribution in [0, 0.1) is 17.5 Å². The van der Waals surface area contributed by atoms with Gasteiger partial charge in [-0.05, 0) is 30.5 Å². The van der Waals surface area contributed by atoms with Gasteiger partial charge in [0.2, 0.25) is 0 Å². The zero-order valence-corrected chi connectivity index (χ0v) is 8.51. The molecule has 0 radical (unpaired) electrons. The van der Waals surface area contributed by atoms with Gasteiger partial charge < -0.3 is 10.4 Å². The highest BCUT2D eigenvalue weighted by atomic mass is 19.2. The van der Waals surface area contributed by atoms with Crippen LogP contribution in [0.1, 0.15) is 24.4 Å². The summed E-state index contributed by atoms with van der Waals surface area (Å²) in [6.07, 6.45) is 1.41. The van der Waals surface area contributed by atoms with Gasteiger partial charge in [-0.1, -0.05) is 0 Å². The molecular formula is C11H12F3NO. The Morgan fingerprint density at radius 2 is 1.81 bits per heavy atom. The number of halogens is 3. The second kappa shape index (κ2) is 4.43. The molecule has 2 atom stereocenters. The minimum absolute atomic E-state index is 0.0113. The topological polar surface area (TPSA) is 32.3 Å². The molecule has 1 aromatic rings. The molecule has 0 aliphatic carbocycles. The van der Waals surface area contributed by atoms with Crippen molar-refractivity contribution >= 4 is 0 Å². The molecule has 1 aromatic carbocycles. The zero-order valence-electron chi connectivity index (χ0n) is 8.51. The molecule has 16 heavy (non-hydrogen) atoms. The molecule has 0 unspecified atom stereocenters. The maximum atomic E-state index is 13.0. The number of nitrogens with one attached hydrogen (secondary N) is 1. The summed E-state index contributed by atoms with van der Waals surface area (Å²) in [5.74, 6) is -3.80. The van der Waals surface area contributed by atoms with Gasteiger partial charge in [0.05, 0.1) is 6.61 Å². The third-order valence-corrected chi connectivity index (χ3v) is 2.87. The van der Waals surface area contributed by atoms with Crippen molar-refractivity contribution in [2.45, 2.75) is 24.9 Å². The summed E-state index contributed by atoms with van der Waals surface area (Å²) in [5.41, 5.74) is 0.382. The van der Waals surface area contributed by atoms with Crippen LogP contribution in [0.2, 0.25) is 0 Å². The minimum Gasteiger partial charge on any atom is -0.395 e. The predicted octanol–water partition coefficient (Wildman–Crippen LogP) is 1.89. The Kier molecular flexibility index (Phi) is 3.16. The van der Waals surface area contributed by atoms with Crippen LogP contribution in [-0.4, -0.2) is 17.8 Å². The lowest BCUT2D eigenvalue weighted by Crippen LogP contribution is -2.27. The van der Waals surface area contributed by atoms with Crippen molar-refractivity contribution in [2.24, 2.45) is 0 Å². The van der Waals surface area contributed by atoms with Crippen LogP contribution in [0.3, 0.4) is 0 Å². The van der Waals surface area contributed by atoms with Crippen molar-refractivity contribution in [1.82, 2.24) is 5.32 Å². The summed E-state index contributed by atoms with van der Waals surface area (Å²) in [7, 11) is 0. The van der Waals surface area contributed by atoms with Gasteiger partial charge in [-0.15, -0.1) is 0 Å². The van der Waals surface area contributed by atoms with E-state index in [1.54, 1.807) is 0 Å². The van der Waals surface area contributed by atoms with Crippen LogP contribution in [-0.2, 0) is 0 Å². The van der Waals surface area contributed by atoms with Crippen molar-refractivity contribution in [3.63, 3.8) is 0 Å². The average molecular weight is 231 g/mol. The maximum Gasteiger partial charge on any atom is 0.194 e. The fourth-order valence-corrected chi connectivity index (χ4v) is 2.00. The summed E-state index contributed by atoms with van der Waals surface area (Å²) in [5, 5.41) is 11.9. The highest BCUT2D eigenvalue weighted by molar-refractivity contribution is 5.23. The molecule has 0 amide bonds. The molecule has 5 heteroatoms.